The van der Waals surface area contributed by atoms with E-state index in [-0.39, 0.29) is 19.5 Å². The fraction of sp³-hybridized carbons (Fsp3) is 0.500. The molecule has 0 saturated carbocycles. The van der Waals surface area contributed by atoms with Crippen molar-refractivity contribution in [3.8, 4) is 11.5 Å². The normalized spacial score (nSPS) is 30.0. The maximum absolute atomic E-state index is 13.2. The highest BCUT2D eigenvalue weighted by molar-refractivity contribution is 6.08. The summed E-state index contributed by atoms with van der Waals surface area (Å²) in [4.78, 5) is 28.8. The number of methoxy groups -OCH3 is 2. The molecule has 11 heteroatoms. The van der Waals surface area contributed by atoms with Crippen LogP contribution >= 0.6 is 0 Å². The first-order valence-electron chi connectivity index (χ1n) is 12.0. The molecule has 0 amide bonds. The van der Waals surface area contributed by atoms with Gasteiger partial charge in [-0.15, -0.1) is 0 Å². The second kappa shape index (κ2) is 10.2. The van der Waals surface area contributed by atoms with Crippen molar-refractivity contribution < 1.29 is 48.2 Å². The largest absolute Gasteiger partial charge is 0.495 e. The van der Waals surface area contributed by atoms with Crippen molar-refractivity contribution >= 4 is 17.7 Å². The Morgan fingerprint density at radius 2 is 1.92 bits per heavy atom. The second-order valence-corrected chi connectivity index (χ2v) is 9.28. The topological polar surface area (TPSA) is 142 Å². The van der Waals surface area contributed by atoms with Crippen LogP contribution in [0.15, 0.2) is 40.6 Å². The molecule has 2 aliphatic carbocycles. The summed E-state index contributed by atoms with van der Waals surface area (Å²) in [6, 6.07) is 3.60. The number of rotatable bonds is 7. The molecule has 37 heavy (non-hydrogen) atoms. The molecule has 6 atom stereocenters. The van der Waals surface area contributed by atoms with E-state index in [9.17, 15) is 14.7 Å². The van der Waals surface area contributed by atoms with Crippen LogP contribution in [-0.2, 0) is 28.5 Å². The van der Waals surface area contributed by atoms with Crippen molar-refractivity contribution in [3.05, 3.63) is 46.7 Å². The molecule has 2 aliphatic heterocycles. The number of cyclic esters (lactones) is 1. The lowest BCUT2D eigenvalue weighted by Crippen LogP contribution is -2.38. The van der Waals surface area contributed by atoms with Gasteiger partial charge in [0.05, 0.1) is 44.0 Å². The number of aliphatic imine (C=N–C) groups is 1. The van der Waals surface area contributed by atoms with E-state index in [0.717, 1.165) is 11.1 Å². The predicted molar refractivity (Wildman–Crippen MR) is 127 cm³/mol. The number of carbonyl (C=O) groups is 2. The summed E-state index contributed by atoms with van der Waals surface area (Å²) in [7, 11) is 4.83. The SMILES string of the molecule is CN=C1C=C(C2c3cc4c(cc3C(OC(O)CC(=O)O)C3COC(=O)C23)OCO4)CC(OC)C=C1OC. The number of benzene rings is 1. The Hall–Kier alpha value is -3.41. The summed E-state index contributed by atoms with van der Waals surface area (Å²) in [5.74, 6) is -1.58. The summed E-state index contributed by atoms with van der Waals surface area (Å²) in [5, 5.41) is 19.5. The predicted octanol–water partition coefficient (Wildman–Crippen LogP) is 2.10. The van der Waals surface area contributed by atoms with Gasteiger partial charge in [-0.2, -0.15) is 0 Å². The second-order valence-electron chi connectivity index (χ2n) is 9.28. The molecule has 11 nitrogen and oxygen atoms in total. The third-order valence-electron chi connectivity index (χ3n) is 7.28. The number of carboxylic acid groups (broad SMARTS) is 1. The molecule has 6 unspecified atom stereocenters. The van der Waals surface area contributed by atoms with Gasteiger partial charge in [0.15, 0.2) is 17.8 Å². The molecule has 1 saturated heterocycles. The van der Waals surface area contributed by atoms with E-state index in [1.165, 1.54) is 0 Å². The fourth-order valence-electron chi connectivity index (χ4n) is 5.66. The third-order valence-corrected chi connectivity index (χ3v) is 7.28. The lowest BCUT2D eigenvalue weighted by atomic mass is 9.65. The minimum atomic E-state index is -1.57. The highest BCUT2D eigenvalue weighted by Gasteiger charge is 2.54. The number of aliphatic hydroxyl groups excluding tert-OH is 1. The number of hydrogen-bond donors (Lipinski definition) is 2. The number of esters is 1. The molecule has 0 spiro atoms. The van der Waals surface area contributed by atoms with Crippen molar-refractivity contribution in [2.24, 2.45) is 16.8 Å². The molecule has 0 bridgehead atoms. The number of carbonyl (C=O) groups excluding carboxylic acids is 1. The summed E-state index contributed by atoms with van der Waals surface area (Å²) in [5.41, 5.74) is 2.91. The molecule has 4 aliphatic rings. The zero-order chi connectivity index (χ0) is 26.3. The Bertz CT molecular complexity index is 1190. The summed E-state index contributed by atoms with van der Waals surface area (Å²) < 4.78 is 33.9. The van der Waals surface area contributed by atoms with Crippen LogP contribution in [0.3, 0.4) is 0 Å². The summed E-state index contributed by atoms with van der Waals surface area (Å²) in [6.07, 6.45) is 0.919. The van der Waals surface area contributed by atoms with Gasteiger partial charge in [0.1, 0.15) is 5.76 Å². The first kappa shape index (κ1) is 25.2. The quantitative estimate of drug-likeness (QED) is 0.409. The van der Waals surface area contributed by atoms with Crippen LogP contribution < -0.4 is 9.47 Å². The highest BCUT2D eigenvalue weighted by Crippen LogP contribution is 2.56. The van der Waals surface area contributed by atoms with Gasteiger partial charge >= 0.3 is 11.9 Å². The molecular formula is C26H29NO10. The average Bonchev–Trinajstić information content (AvgIpc) is 3.43. The van der Waals surface area contributed by atoms with E-state index in [0.29, 0.717) is 35.0 Å². The average molecular weight is 516 g/mol. The number of hydrogen-bond acceptors (Lipinski definition) is 10. The minimum absolute atomic E-state index is 0.0488. The molecule has 1 aromatic carbocycles. The molecule has 198 valence electrons. The van der Waals surface area contributed by atoms with Crippen LogP contribution in [0.2, 0.25) is 0 Å². The summed E-state index contributed by atoms with van der Waals surface area (Å²) >= 11 is 0. The molecule has 2 N–H and O–H groups in total. The lowest BCUT2D eigenvalue weighted by molar-refractivity contribution is -0.176. The van der Waals surface area contributed by atoms with Crippen molar-refractivity contribution in [1.82, 2.24) is 0 Å². The van der Waals surface area contributed by atoms with Gasteiger partial charge in [0, 0.05) is 26.0 Å². The standard InChI is InChI=1S/C26H29NO10/c1-27-17-5-12(4-13(32-2)6-18(17)33-3)23-14-7-19-20(36-11-35-19)8-15(14)25(37-22(30)9-21(28)29)16-10-34-26(31)24(16)23/h5-8,13,16,22-25,30H,4,9-11H2,1-3H3,(H,28,29). The lowest BCUT2D eigenvalue weighted by Gasteiger charge is -2.40. The van der Waals surface area contributed by atoms with Gasteiger partial charge in [-0.05, 0) is 41.8 Å². The van der Waals surface area contributed by atoms with Crippen molar-refractivity contribution in [2.75, 3.05) is 34.7 Å². The Kier molecular flexibility index (Phi) is 6.93. The van der Waals surface area contributed by atoms with Gasteiger partial charge in [0.2, 0.25) is 6.79 Å². The number of aliphatic carboxylic acids is 1. The van der Waals surface area contributed by atoms with E-state index in [2.05, 4.69) is 4.99 Å². The Labute approximate surface area is 213 Å². The fourth-order valence-corrected chi connectivity index (χ4v) is 5.66. The minimum Gasteiger partial charge on any atom is -0.495 e. The number of allylic oxidation sites excluding steroid dienone is 1. The van der Waals surface area contributed by atoms with Crippen LogP contribution in [0, 0.1) is 11.8 Å². The van der Waals surface area contributed by atoms with Gasteiger partial charge in [-0.25, -0.2) is 0 Å². The summed E-state index contributed by atoms with van der Waals surface area (Å²) in [6.45, 7) is 0.114. The highest BCUT2D eigenvalue weighted by atomic mass is 16.7. The first-order valence-corrected chi connectivity index (χ1v) is 12.0. The van der Waals surface area contributed by atoms with Crippen LogP contribution in [0.4, 0.5) is 0 Å². The number of nitrogens with zero attached hydrogens (tertiary/aromatic N) is 1. The van der Waals surface area contributed by atoms with Gasteiger partial charge < -0.3 is 38.6 Å². The Morgan fingerprint density at radius 1 is 1.19 bits per heavy atom. The van der Waals surface area contributed by atoms with Crippen LogP contribution in [0.1, 0.15) is 36.0 Å². The van der Waals surface area contributed by atoms with Gasteiger partial charge in [-0.3, -0.25) is 14.6 Å². The first-order chi connectivity index (χ1) is 17.8. The maximum atomic E-state index is 13.2. The zero-order valence-electron chi connectivity index (χ0n) is 20.7. The molecule has 1 aromatic rings. The van der Waals surface area contributed by atoms with Crippen molar-refractivity contribution in [2.45, 2.75) is 37.3 Å². The smallest absolute Gasteiger partial charge is 0.310 e. The van der Waals surface area contributed by atoms with E-state index in [1.807, 2.05) is 18.2 Å². The van der Waals surface area contributed by atoms with Gasteiger partial charge in [0.25, 0.3) is 0 Å². The zero-order valence-corrected chi connectivity index (χ0v) is 20.7. The number of fused-ring (bicyclic) bond motifs is 3. The molecule has 0 radical (unpaired) electrons. The monoisotopic (exact) mass is 515 g/mol. The van der Waals surface area contributed by atoms with E-state index in [1.54, 1.807) is 27.3 Å². The molecule has 0 aromatic heterocycles. The van der Waals surface area contributed by atoms with Crippen LogP contribution in [0.5, 0.6) is 11.5 Å². The van der Waals surface area contributed by atoms with Crippen LogP contribution in [0.25, 0.3) is 0 Å². The number of carboxylic acids is 1. The number of ether oxygens (including phenoxy) is 6. The van der Waals surface area contributed by atoms with Crippen molar-refractivity contribution in [1.29, 1.82) is 0 Å². The van der Waals surface area contributed by atoms with E-state index in [4.69, 9.17) is 33.5 Å². The van der Waals surface area contributed by atoms with E-state index >= 15 is 0 Å². The van der Waals surface area contributed by atoms with Crippen molar-refractivity contribution in [3.63, 3.8) is 0 Å². The van der Waals surface area contributed by atoms with Gasteiger partial charge in [-0.1, -0.05) is 5.57 Å². The Balaban J connectivity index is 1.66. The van der Waals surface area contributed by atoms with E-state index < -0.39 is 48.5 Å². The molecular weight excluding hydrogens is 486 g/mol. The molecule has 5 rings (SSSR count). The number of aliphatic hydroxyl groups is 1. The third kappa shape index (κ3) is 4.58. The van der Waals surface area contributed by atoms with Crippen LogP contribution in [-0.4, -0.2) is 74.9 Å². The molecule has 2 heterocycles. The Morgan fingerprint density at radius 3 is 2.57 bits per heavy atom. The maximum Gasteiger partial charge on any atom is 0.310 e. The molecule has 1 fully saturated rings.